The number of hydrogen-bond acceptors (Lipinski definition) is 5. The van der Waals surface area contributed by atoms with E-state index in [1.54, 1.807) is 11.6 Å². The highest BCUT2D eigenvalue weighted by Crippen LogP contribution is 2.27. The number of imidazole rings is 1. The Morgan fingerprint density at radius 1 is 1.38 bits per heavy atom. The molecule has 0 aliphatic carbocycles. The van der Waals surface area contributed by atoms with Gasteiger partial charge in [-0.25, -0.2) is 0 Å². The summed E-state index contributed by atoms with van der Waals surface area (Å²) in [6, 6.07) is 9.84. The van der Waals surface area contributed by atoms with E-state index in [1.807, 2.05) is 35.2 Å². The van der Waals surface area contributed by atoms with Crippen LogP contribution in [0.2, 0.25) is 0 Å². The van der Waals surface area contributed by atoms with Gasteiger partial charge in [-0.2, -0.15) is 0 Å². The van der Waals surface area contributed by atoms with Gasteiger partial charge in [0, 0.05) is 20.1 Å². The minimum absolute atomic E-state index is 0.120. The molecule has 7 nitrogen and oxygen atoms in total. The van der Waals surface area contributed by atoms with E-state index in [-0.39, 0.29) is 5.82 Å². The molecule has 0 atom stereocenters. The lowest BCUT2D eigenvalue weighted by Gasteiger charge is -2.23. The molecule has 1 heterocycles. The van der Waals surface area contributed by atoms with Crippen LogP contribution in [0.3, 0.4) is 0 Å². The summed E-state index contributed by atoms with van der Waals surface area (Å²) >= 11 is 0. The van der Waals surface area contributed by atoms with Gasteiger partial charge < -0.3 is 20.7 Å². The molecule has 7 heteroatoms. The van der Waals surface area contributed by atoms with E-state index in [0.717, 1.165) is 12.0 Å². The first-order valence-corrected chi connectivity index (χ1v) is 6.78. The van der Waals surface area contributed by atoms with E-state index in [2.05, 4.69) is 4.98 Å². The van der Waals surface area contributed by atoms with Crippen LogP contribution in [0.4, 0.5) is 11.6 Å². The Labute approximate surface area is 123 Å². The van der Waals surface area contributed by atoms with Crippen molar-refractivity contribution in [3.8, 4) is 0 Å². The summed E-state index contributed by atoms with van der Waals surface area (Å²) in [6.45, 7) is 1.77. The molecule has 0 saturated carbocycles. The zero-order chi connectivity index (χ0) is 15.2. The lowest BCUT2D eigenvalue weighted by atomic mass is 10.2. The van der Waals surface area contributed by atoms with Crippen LogP contribution < -0.4 is 10.6 Å². The number of nitro groups is 1. The van der Waals surface area contributed by atoms with Gasteiger partial charge in [0.1, 0.15) is 0 Å². The number of aryl methyl sites for hydroxylation is 1. The molecule has 2 aromatic rings. The monoisotopic (exact) mass is 289 g/mol. The van der Waals surface area contributed by atoms with Gasteiger partial charge in [0.2, 0.25) is 12.1 Å². The van der Waals surface area contributed by atoms with E-state index in [9.17, 15) is 10.1 Å². The van der Waals surface area contributed by atoms with Crippen molar-refractivity contribution in [3.63, 3.8) is 0 Å². The Bertz CT molecular complexity index is 597. The minimum atomic E-state index is -0.449. The average molecular weight is 289 g/mol. The van der Waals surface area contributed by atoms with Crippen molar-refractivity contribution in [2.24, 2.45) is 12.8 Å². The van der Waals surface area contributed by atoms with Crippen LogP contribution in [0.25, 0.3) is 0 Å². The molecule has 0 spiro atoms. The lowest BCUT2D eigenvalue weighted by Crippen LogP contribution is -2.28. The molecule has 0 bridgehead atoms. The van der Waals surface area contributed by atoms with Crippen LogP contribution in [0.1, 0.15) is 12.0 Å². The normalized spacial score (nSPS) is 10.6. The quantitative estimate of drug-likeness (QED) is 0.618. The van der Waals surface area contributed by atoms with Gasteiger partial charge in [-0.3, -0.25) is 4.57 Å². The molecule has 0 fully saturated rings. The Morgan fingerprint density at radius 2 is 2.10 bits per heavy atom. The maximum atomic E-state index is 11.1. The first-order valence-electron chi connectivity index (χ1n) is 6.78. The van der Waals surface area contributed by atoms with Gasteiger partial charge in [0.25, 0.3) is 0 Å². The molecule has 0 aliphatic heterocycles. The zero-order valence-electron chi connectivity index (χ0n) is 12.0. The first kappa shape index (κ1) is 15.0. The number of rotatable bonds is 7. The molecule has 1 aromatic carbocycles. The highest BCUT2D eigenvalue weighted by Gasteiger charge is 2.25. The van der Waals surface area contributed by atoms with Crippen LogP contribution in [-0.2, 0) is 13.6 Å². The predicted octanol–water partition coefficient (Wildman–Crippen LogP) is 1.68. The summed E-state index contributed by atoms with van der Waals surface area (Å²) in [7, 11) is 1.76. The fourth-order valence-electron chi connectivity index (χ4n) is 2.25. The molecular formula is C14H19N5O2. The Balaban J connectivity index is 2.31. The maximum Gasteiger partial charge on any atom is 0.406 e. The maximum absolute atomic E-state index is 11.1. The van der Waals surface area contributed by atoms with Crippen molar-refractivity contribution in [1.29, 1.82) is 0 Å². The van der Waals surface area contributed by atoms with E-state index in [1.165, 1.54) is 6.33 Å². The zero-order valence-corrected chi connectivity index (χ0v) is 12.0. The molecule has 2 N–H and O–H groups in total. The summed E-state index contributed by atoms with van der Waals surface area (Å²) in [5, 5.41) is 11.1. The number of nitrogens with two attached hydrogens (primary N) is 1. The SMILES string of the molecule is Cn1cnc([N+](=O)[O-])c1N(CCCN)Cc1ccccc1. The van der Waals surface area contributed by atoms with Crippen LogP contribution >= 0.6 is 0 Å². The second-order valence-electron chi connectivity index (χ2n) is 4.81. The summed E-state index contributed by atoms with van der Waals surface area (Å²) in [6.07, 6.45) is 2.23. The second kappa shape index (κ2) is 6.85. The van der Waals surface area contributed by atoms with Crippen LogP contribution in [-0.4, -0.2) is 27.6 Å². The fraction of sp³-hybridized carbons (Fsp3) is 0.357. The fourth-order valence-corrected chi connectivity index (χ4v) is 2.25. The van der Waals surface area contributed by atoms with E-state index in [4.69, 9.17) is 5.73 Å². The lowest BCUT2D eigenvalue weighted by molar-refractivity contribution is -0.388. The highest BCUT2D eigenvalue weighted by molar-refractivity contribution is 5.54. The number of benzene rings is 1. The Morgan fingerprint density at radius 3 is 2.71 bits per heavy atom. The van der Waals surface area contributed by atoms with Crippen molar-refractivity contribution in [2.75, 3.05) is 18.0 Å². The van der Waals surface area contributed by atoms with Crippen LogP contribution in [0, 0.1) is 10.1 Å². The van der Waals surface area contributed by atoms with E-state index in [0.29, 0.717) is 25.5 Å². The average Bonchev–Trinajstić information content (AvgIpc) is 2.86. The first-order chi connectivity index (χ1) is 10.1. The van der Waals surface area contributed by atoms with Gasteiger partial charge in [-0.15, -0.1) is 0 Å². The number of aromatic nitrogens is 2. The second-order valence-corrected chi connectivity index (χ2v) is 4.81. The van der Waals surface area contributed by atoms with Gasteiger partial charge in [0.15, 0.2) is 0 Å². The minimum Gasteiger partial charge on any atom is -0.358 e. The Kier molecular flexibility index (Phi) is 4.89. The Hall–Kier alpha value is -2.41. The van der Waals surface area contributed by atoms with Crippen molar-refractivity contribution >= 4 is 11.6 Å². The molecular weight excluding hydrogens is 270 g/mol. The molecule has 112 valence electrons. The predicted molar refractivity (Wildman–Crippen MR) is 81.0 cm³/mol. The van der Waals surface area contributed by atoms with Crippen molar-refractivity contribution in [1.82, 2.24) is 9.55 Å². The van der Waals surface area contributed by atoms with Gasteiger partial charge in [0.05, 0.1) is 0 Å². The third kappa shape index (κ3) is 3.57. The third-order valence-corrected chi connectivity index (χ3v) is 3.21. The molecule has 0 saturated heterocycles. The third-order valence-electron chi connectivity index (χ3n) is 3.21. The summed E-state index contributed by atoms with van der Waals surface area (Å²) < 4.78 is 1.68. The summed E-state index contributed by atoms with van der Waals surface area (Å²) in [5.74, 6) is 0.391. The molecule has 2 rings (SSSR count). The van der Waals surface area contributed by atoms with Crippen molar-refractivity contribution in [3.05, 3.63) is 52.3 Å². The number of nitrogens with zero attached hydrogens (tertiary/aromatic N) is 4. The van der Waals surface area contributed by atoms with Crippen molar-refractivity contribution in [2.45, 2.75) is 13.0 Å². The van der Waals surface area contributed by atoms with Gasteiger partial charge in [-0.05, 0) is 28.4 Å². The van der Waals surface area contributed by atoms with Crippen molar-refractivity contribution < 1.29 is 4.92 Å². The van der Waals surface area contributed by atoms with Gasteiger partial charge >= 0.3 is 5.82 Å². The molecule has 0 amide bonds. The molecule has 0 unspecified atom stereocenters. The largest absolute Gasteiger partial charge is 0.406 e. The molecule has 0 aliphatic rings. The highest BCUT2D eigenvalue weighted by atomic mass is 16.6. The van der Waals surface area contributed by atoms with E-state index >= 15 is 0 Å². The molecule has 1 aromatic heterocycles. The smallest absolute Gasteiger partial charge is 0.358 e. The standard InChI is InChI=1S/C14H19N5O2/c1-17-11-16-13(19(20)21)14(17)18(9-5-8-15)10-12-6-3-2-4-7-12/h2-4,6-7,11H,5,8-10,15H2,1H3. The van der Waals surface area contributed by atoms with Gasteiger partial charge in [-0.1, -0.05) is 30.3 Å². The topological polar surface area (TPSA) is 90.2 Å². The number of hydrogen-bond donors (Lipinski definition) is 1. The van der Waals surface area contributed by atoms with Crippen LogP contribution in [0.15, 0.2) is 36.7 Å². The number of anilines is 1. The summed E-state index contributed by atoms with van der Waals surface area (Å²) in [4.78, 5) is 16.5. The summed E-state index contributed by atoms with van der Waals surface area (Å²) in [5.41, 5.74) is 6.66. The van der Waals surface area contributed by atoms with E-state index < -0.39 is 4.92 Å². The molecule has 21 heavy (non-hydrogen) atoms. The molecule has 0 radical (unpaired) electrons. The van der Waals surface area contributed by atoms with Crippen LogP contribution in [0.5, 0.6) is 0 Å².